The zero-order valence-corrected chi connectivity index (χ0v) is 10.3. The van der Waals surface area contributed by atoms with E-state index in [0.29, 0.717) is 12.2 Å². The molecule has 0 saturated carbocycles. The molecule has 2 amide bonds. The number of unbranched alkanes of at least 4 members (excludes halogenated alkanes) is 1. The van der Waals surface area contributed by atoms with Gasteiger partial charge in [-0.2, -0.15) is 0 Å². The molecule has 1 aromatic carbocycles. The molecule has 2 N–H and O–H groups in total. The Balaban J connectivity index is 2.35. The minimum absolute atomic E-state index is 0.250. The molecule has 5 heteroatoms. The Hall–Kier alpha value is -1.91. The van der Waals surface area contributed by atoms with Crippen LogP contribution >= 0.6 is 0 Å². The van der Waals surface area contributed by atoms with E-state index in [2.05, 4.69) is 10.6 Å². The molecular weight excluding hydrogens is 235 g/mol. The lowest BCUT2D eigenvalue weighted by Crippen LogP contribution is -2.28. The highest BCUT2D eigenvalue weighted by atomic mass is 19.1. The van der Waals surface area contributed by atoms with E-state index in [4.69, 9.17) is 0 Å². The quantitative estimate of drug-likeness (QED) is 0.601. The Morgan fingerprint density at radius 2 is 2.06 bits per heavy atom. The third-order valence-corrected chi connectivity index (χ3v) is 2.28. The minimum Gasteiger partial charge on any atom is -0.356 e. The molecule has 0 aliphatic carbocycles. The van der Waals surface area contributed by atoms with E-state index in [1.165, 1.54) is 18.2 Å². The van der Waals surface area contributed by atoms with Gasteiger partial charge in [-0.3, -0.25) is 9.59 Å². The van der Waals surface area contributed by atoms with Crippen molar-refractivity contribution in [1.29, 1.82) is 0 Å². The number of hydrogen-bond acceptors (Lipinski definition) is 2. The molecule has 1 rings (SSSR count). The summed E-state index contributed by atoms with van der Waals surface area (Å²) in [6.45, 7) is 2.59. The zero-order chi connectivity index (χ0) is 13.4. The maximum absolute atomic E-state index is 12.9. The first-order chi connectivity index (χ1) is 8.61. The first kappa shape index (κ1) is 14.2. The van der Waals surface area contributed by atoms with E-state index in [1.54, 1.807) is 6.07 Å². The number of carbonyl (C=O) groups excluding carboxylic acids is 2. The van der Waals surface area contributed by atoms with Gasteiger partial charge in [0.25, 0.3) is 0 Å². The maximum atomic E-state index is 12.9. The van der Waals surface area contributed by atoms with E-state index in [0.717, 1.165) is 12.8 Å². The fraction of sp³-hybridized carbons (Fsp3) is 0.385. The van der Waals surface area contributed by atoms with Gasteiger partial charge in [0, 0.05) is 12.2 Å². The van der Waals surface area contributed by atoms with Crippen molar-refractivity contribution < 1.29 is 14.0 Å². The summed E-state index contributed by atoms with van der Waals surface area (Å²) >= 11 is 0. The topological polar surface area (TPSA) is 58.2 Å². The van der Waals surface area contributed by atoms with Crippen LogP contribution in [0.25, 0.3) is 0 Å². The van der Waals surface area contributed by atoms with Gasteiger partial charge in [-0.05, 0) is 24.6 Å². The third kappa shape index (κ3) is 5.43. The second-order valence-electron chi connectivity index (χ2n) is 3.94. The Morgan fingerprint density at radius 3 is 2.72 bits per heavy atom. The van der Waals surface area contributed by atoms with Gasteiger partial charge in [0.05, 0.1) is 0 Å². The second kappa shape index (κ2) is 7.42. The number of hydrogen-bond donors (Lipinski definition) is 2. The summed E-state index contributed by atoms with van der Waals surface area (Å²) in [7, 11) is 0. The minimum atomic E-state index is -0.449. The summed E-state index contributed by atoms with van der Waals surface area (Å²) in [5.41, 5.74) is 0.348. The number of carbonyl (C=O) groups is 2. The molecule has 0 spiro atoms. The average molecular weight is 252 g/mol. The Morgan fingerprint density at radius 1 is 1.28 bits per heavy atom. The van der Waals surface area contributed by atoms with Gasteiger partial charge < -0.3 is 10.6 Å². The van der Waals surface area contributed by atoms with Gasteiger partial charge in [0.1, 0.15) is 12.2 Å². The van der Waals surface area contributed by atoms with E-state index in [1.807, 2.05) is 6.92 Å². The number of rotatable bonds is 6. The van der Waals surface area contributed by atoms with Gasteiger partial charge in [0.15, 0.2) is 0 Å². The highest BCUT2D eigenvalue weighted by Crippen LogP contribution is 2.09. The van der Waals surface area contributed by atoms with Crippen molar-refractivity contribution in [3.63, 3.8) is 0 Å². The lowest BCUT2D eigenvalue weighted by atomic mass is 10.3. The fourth-order valence-electron chi connectivity index (χ4n) is 1.38. The molecule has 0 unspecified atom stereocenters. The first-order valence-corrected chi connectivity index (χ1v) is 5.94. The van der Waals surface area contributed by atoms with E-state index in [9.17, 15) is 14.0 Å². The molecular formula is C13H17FN2O2. The molecule has 1 aromatic rings. The lowest BCUT2D eigenvalue weighted by molar-refractivity contribution is -0.126. The summed E-state index contributed by atoms with van der Waals surface area (Å²) in [5.74, 6) is -1.20. The van der Waals surface area contributed by atoms with E-state index >= 15 is 0 Å². The Bertz CT molecular complexity index is 421. The van der Waals surface area contributed by atoms with Crippen LogP contribution in [-0.2, 0) is 9.59 Å². The Labute approximate surface area is 106 Å². The van der Waals surface area contributed by atoms with Crippen molar-refractivity contribution in [2.24, 2.45) is 0 Å². The molecule has 0 aliphatic rings. The van der Waals surface area contributed by atoms with Crippen LogP contribution in [0.3, 0.4) is 0 Å². The number of benzene rings is 1. The largest absolute Gasteiger partial charge is 0.356 e. The van der Waals surface area contributed by atoms with Gasteiger partial charge >= 0.3 is 0 Å². The molecule has 0 saturated heterocycles. The molecule has 4 nitrogen and oxygen atoms in total. The van der Waals surface area contributed by atoms with Crippen LogP contribution in [0.5, 0.6) is 0 Å². The summed E-state index contributed by atoms with van der Waals surface area (Å²) in [5, 5.41) is 5.10. The predicted molar refractivity (Wildman–Crippen MR) is 67.6 cm³/mol. The average Bonchev–Trinajstić information content (AvgIpc) is 2.29. The molecule has 0 atom stereocenters. The van der Waals surface area contributed by atoms with Gasteiger partial charge in [-0.1, -0.05) is 19.4 Å². The standard InChI is InChI=1S/C13H17FN2O2/c1-2-3-7-15-12(17)9-13(18)16-11-6-4-5-10(14)8-11/h4-6,8H,2-3,7,9H2,1H3,(H,15,17)(H,16,18). The lowest BCUT2D eigenvalue weighted by Gasteiger charge is -2.06. The fourth-order valence-corrected chi connectivity index (χ4v) is 1.38. The summed E-state index contributed by atoms with van der Waals surface area (Å²) in [4.78, 5) is 22.8. The predicted octanol–water partition coefficient (Wildman–Crippen LogP) is 2.07. The summed E-state index contributed by atoms with van der Waals surface area (Å²) in [6.07, 6.45) is 1.62. The highest BCUT2D eigenvalue weighted by Gasteiger charge is 2.09. The van der Waals surface area contributed by atoms with E-state index in [-0.39, 0.29) is 12.3 Å². The molecule has 98 valence electrons. The van der Waals surface area contributed by atoms with Crippen LogP contribution in [0.1, 0.15) is 26.2 Å². The van der Waals surface area contributed by atoms with Gasteiger partial charge in [-0.25, -0.2) is 4.39 Å². The van der Waals surface area contributed by atoms with Crippen LogP contribution < -0.4 is 10.6 Å². The van der Waals surface area contributed by atoms with Gasteiger partial charge in [0.2, 0.25) is 11.8 Å². The number of anilines is 1. The van der Waals surface area contributed by atoms with Crippen molar-refractivity contribution in [2.45, 2.75) is 26.2 Å². The number of amides is 2. The summed E-state index contributed by atoms with van der Waals surface area (Å²) in [6, 6.07) is 5.54. The van der Waals surface area contributed by atoms with Crippen LogP contribution in [-0.4, -0.2) is 18.4 Å². The SMILES string of the molecule is CCCCNC(=O)CC(=O)Nc1cccc(F)c1. The number of nitrogens with one attached hydrogen (secondary N) is 2. The van der Waals surface area contributed by atoms with Gasteiger partial charge in [-0.15, -0.1) is 0 Å². The van der Waals surface area contributed by atoms with Crippen LogP contribution in [0.2, 0.25) is 0 Å². The van der Waals surface area contributed by atoms with Crippen LogP contribution in [0.4, 0.5) is 10.1 Å². The zero-order valence-electron chi connectivity index (χ0n) is 10.3. The van der Waals surface area contributed by atoms with Crippen molar-refractivity contribution in [1.82, 2.24) is 5.32 Å². The number of halogens is 1. The monoisotopic (exact) mass is 252 g/mol. The second-order valence-corrected chi connectivity index (χ2v) is 3.94. The normalized spacial score (nSPS) is 9.89. The molecule has 0 radical (unpaired) electrons. The maximum Gasteiger partial charge on any atom is 0.233 e. The third-order valence-electron chi connectivity index (χ3n) is 2.28. The molecule has 0 fully saturated rings. The van der Waals surface area contributed by atoms with E-state index < -0.39 is 11.7 Å². The van der Waals surface area contributed by atoms with Crippen LogP contribution in [0, 0.1) is 5.82 Å². The van der Waals surface area contributed by atoms with Crippen molar-refractivity contribution in [2.75, 3.05) is 11.9 Å². The van der Waals surface area contributed by atoms with Crippen molar-refractivity contribution in [3.05, 3.63) is 30.1 Å². The molecule has 18 heavy (non-hydrogen) atoms. The molecule has 0 heterocycles. The molecule has 0 aliphatic heterocycles. The van der Waals surface area contributed by atoms with Crippen molar-refractivity contribution in [3.8, 4) is 0 Å². The van der Waals surface area contributed by atoms with Crippen molar-refractivity contribution >= 4 is 17.5 Å². The smallest absolute Gasteiger partial charge is 0.233 e. The molecule has 0 aromatic heterocycles. The first-order valence-electron chi connectivity index (χ1n) is 5.94. The highest BCUT2D eigenvalue weighted by molar-refractivity contribution is 6.03. The Kier molecular flexibility index (Phi) is 5.84. The summed E-state index contributed by atoms with van der Waals surface area (Å²) < 4.78 is 12.9. The van der Waals surface area contributed by atoms with Crippen LogP contribution in [0.15, 0.2) is 24.3 Å². The molecule has 0 bridgehead atoms.